The third-order valence-corrected chi connectivity index (χ3v) is 4.28. The number of methoxy groups -OCH3 is 1. The zero-order chi connectivity index (χ0) is 18.7. The maximum absolute atomic E-state index is 12.9. The number of benzene rings is 2. The SMILES string of the molecule is COC(=O)c1ccc(N2C(=O)CC([NH2+]Cc3ccc(F)cc3)C2=O)cc1. The number of amides is 2. The first-order chi connectivity index (χ1) is 12.5. The van der Waals surface area contributed by atoms with Gasteiger partial charge in [-0.05, 0) is 36.4 Å². The highest BCUT2D eigenvalue weighted by Gasteiger charge is 2.42. The highest BCUT2D eigenvalue weighted by molar-refractivity contribution is 6.21. The molecule has 1 aliphatic rings. The number of halogens is 1. The molecule has 0 saturated carbocycles. The molecule has 2 aromatic rings. The molecule has 134 valence electrons. The predicted molar refractivity (Wildman–Crippen MR) is 90.7 cm³/mol. The van der Waals surface area contributed by atoms with Crippen LogP contribution in [0.1, 0.15) is 22.3 Å². The molecular weight excluding hydrogens is 339 g/mol. The molecule has 2 N–H and O–H groups in total. The van der Waals surface area contributed by atoms with E-state index in [0.717, 1.165) is 10.5 Å². The van der Waals surface area contributed by atoms with Crippen LogP contribution in [0.25, 0.3) is 0 Å². The number of quaternary nitrogens is 1. The van der Waals surface area contributed by atoms with Gasteiger partial charge >= 0.3 is 5.97 Å². The fourth-order valence-electron chi connectivity index (χ4n) is 2.87. The minimum atomic E-state index is -0.521. The topological polar surface area (TPSA) is 80.3 Å². The van der Waals surface area contributed by atoms with E-state index < -0.39 is 12.0 Å². The maximum atomic E-state index is 12.9. The summed E-state index contributed by atoms with van der Waals surface area (Å²) < 4.78 is 17.6. The van der Waals surface area contributed by atoms with Crippen molar-refractivity contribution < 1.29 is 28.8 Å². The molecule has 1 heterocycles. The van der Waals surface area contributed by atoms with Gasteiger partial charge in [-0.3, -0.25) is 9.59 Å². The Kier molecular flexibility index (Phi) is 5.09. The van der Waals surface area contributed by atoms with Crippen LogP contribution < -0.4 is 10.2 Å². The standard InChI is InChI=1S/C19H17FN2O4/c1-26-19(25)13-4-8-15(9-5-13)22-17(23)10-16(18(22)24)21-11-12-2-6-14(20)7-3-12/h2-9,16,21H,10-11H2,1H3/p+1. The second-order valence-corrected chi connectivity index (χ2v) is 5.98. The lowest BCUT2D eigenvalue weighted by Crippen LogP contribution is -2.90. The first-order valence-corrected chi connectivity index (χ1v) is 8.12. The molecule has 0 bridgehead atoms. The Morgan fingerprint density at radius 3 is 2.42 bits per heavy atom. The Balaban J connectivity index is 1.68. The molecule has 1 unspecified atom stereocenters. The van der Waals surface area contributed by atoms with Crippen LogP contribution in [0.5, 0.6) is 0 Å². The number of hydrogen-bond acceptors (Lipinski definition) is 4. The van der Waals surface area contributed by atoms with Crippen LogP contribution in [0.4, 0.5) is 10.1 Å². The van der Waals surface area contributed by atoms with E-state index in [1.54, 1.807) is 29.6 Å². The van der Waals surface area contributed by atoms with Gasteiger partial charge in [0.1, 0.15) is 12.4 Å². The number of hydrogen-bond donors (Lipinski definition) is 1. The molecule has 7 heteroatoms. The highest BCUT2D eigenvalue weighted by Crippen LogP contribution is 2.22. The van der Waals surface area contributed by atoms with Crippen LogP contribution in [-0.2, 0) is 20.9 Å². The van der Waals surface area contributed by atoms with Crippen molar-refractivity contribution in [1.82, 2.24) is 0 Å². The molecule has 3 rings (SSSR count). The molecule has 0 aromatic heterocycles. The first-order valence-electron chi connectivity index (χ1n) is 8.12. The number of anilines is 1. The molecule has 1 saturated heterocycles. The maximum Gasteiger partial charge on any atom is 0.337 e. The summed E-state index contributed by atoms with van der Waals surface area (Å²) in [4.78, 5) is 37.5. The molecule has 2 amide bonds. The van der Waals surface area contributed by atoms with Crippen LogP contribution in [-0.4, -0.2) is 30.9 Å². The number of ether oxygens (including phenoxy) is 1. The molecule has 1 fully saturated rings. The van der Waals surface area contributed by atoms with Crippen molar-refractivity contribution in [2.75, 3.05) is 12.0 Å². The van der Waals surface area contributed by atoms with Gasteiger partial charge < -0.3 is 10.1 Å². The van der Waals surface area contributed by atoms with Crippen molar-refractivity contribution in [1.29, 1.82) is 0 Å². The van der Waals surface area contributed by atoms with Gasteiger partial charge in [-0.1, -0.05) is 12.1 Å². The summed E-state index contributed by atoms with van der Waals surface area (Å²) in [7, 11) is 1.28. The second-order valence-electron chi connectivity index (χ2n) is 5.98. The van der Waals surface area contributed by atoms with Crippen molar-refractivity contribution in [3.63, 3.8) is 0 Å². The van der Waals surface area contributed by atoms with Gasteiger partial charge in [0.15, 0.2) is 6.04 Å². The van der Waals surface area contributed by atoms with E-state index >= 15 is 0 Å². The number of nitrogens with zero attached hydrogens (tertiary/aromatic N) is 1. The zero-order valence-corrected chi connectivity index (χ0v) is 14.1. The van der Waals surface area contributed by atoms with E-state index in [1.807, 2.05) is 0 Å². The average Bonchev–Trinajstić information content (AvgIpc) is 2.94. The number of esters is 1. The summed E-state index contributed by atoms with van der Waals surface area (Å²) in [5.74, 6) is -1.40. The summed E-state index contributed by atoms with van der Waals surface area (Å²) in [6.07, 6.45) is 0.0960. The minimum Gasteiger partial charge on any atom is -0.465 e. The van der Waals surface area contributed by atoms with Crippen molar-refractivity contribution in [2.45, 2.75) is 19.0 Å². The molecular formula is C19H18FN2O4+. The van der Waals surface area contributed by atoms with Gasteiger partial charge in [0.2, 0.25) is 5.91 Å². The Morgan fingerprint density at radius 2 is 1.81 bits per heavy atom. The van der Waals surface area contributed by atoms with E-state index in [4.69, 9.17) is 0 Å². The van der Waals surface area contributed by atoms with E-state index in [2.05, 4.69) is 4.74 Å². The lowest BCUT2D eigenvalue weighted by Gasteiger charge is -2.14. The Labute approximate surface area is 149 Å². The lowest BCUT2D eigenvalue weighted by molar-refractivity contribution is -0.690. The van der Waals surface area contributed by atoms with Crippen molar-refractivity contribution in [2.24, 2.45) is 0 Å². The van der Waals surface area contributed by atoms with Gasteiger partial charge in [-0.2, -0.15) is 0 Å². The van der Waals surface area contributed by atoms with Crippen molar-refractivity contribution in [3.05, 3.63) is 65.5 Å². The largest absolute Gasteiger partial charge is 0.465 e. The van der Waals surface area contributed by atoms with Gasteiger partial charge in [0, 0.05) is 5.56 Å². The molecule has 6 nitrogen and oxygen atoms in total. The summed E-state index contributed by atoms with van der Waals surface area (Å²) in [6, 6.07) is 11.6. The molecule has 0 radical (unpaired) electrons. The third kappa shape index (κ3) is 3.62. The Morgan fingerprint density at radius 1 is 1.15 bits per heavy atom. The summed E-state index contributed by atoms with van der Waals surface area (Å²) in [5.41, 5.74) is 1.63. The third-order valence-electron chi connectivity index (χ3n) is 4.28. The summed E-state index contributed by atoms with van der Waals surface area (Å²) in [6.45, 7) is 0.471. The second kappa shape index (κ2) is 7.45. The van der Waals surface area contributed by atoms with Gasteiger partial charge in [0.25, 0.3) is 5.91 Å². The smallest absolute Gasteiger partial charge is 0.337 e. The first kappa shape index (κ1) is 17.8. The van der Waals surface area contributed by atoms with Crippen LogP contribution in [0, 0.1) is 5.82 Å². The Bertz CT molecular complexity index is 834. The van der Waals surface area contributed by atoms with Crippen molar-refractivity contribution >= 4 is 23.5 Å². The number of nitrogens with two attached hydrogens (primary N) is 1. The Hall–Kier alpha value is -3.06. The van der Waals surface area contributed by atoms with Gasteiger partial charge in [0.05, 0.1) is 24.8 Å². The normalized spacial score (nSPS) is 16.8. The number of rotatable bonds is 5. The van der Waals surface area contributed by atoms with Gasteiger partial charge in [-0.25, -0.2) is 14.1 Å². The van der Waals surface area contributed by atoms with Crippen LogP contribution >= 0.6 is 0 Å². The number of imide groups is 1. The quantitative estimate of drug-likeness (QED) is 0.640. The number of carbonyl (C=O) groups is 3. The molecule has 0 aliphatic carbocycles. The lowest BCUT2D eigenvalue weighted by atomic mass is 10.2. The average molecular weight is 357 g/mol. The highest BCUT2D eigenvalue weighted by atomic mass is 19.1. The summed E-state index contributed by atoms with van der Waals surface area (Å²) >= 11 is 0. The van der Waals surface area contributed by atoms with E-state index in [9.17, 15) is 18.8 Å². The van der Waals surface area contributed by atoms with E-state index in [1.165, 1.54) is 31.4 Å². The van der Waals surface area contributed by atoms with Crippen LogP contribution in [0.3, 0.4) is 0 Å². The van der Waals surface area contributed by atoms with E-state index in [0.29, 0.717) is 17.8 Å². The van der Waals surface area contributed by atoms with E-state index in [-0.39, 0.29) is 24.1 Å². The minimum absolute atomic E-state index is 0.0960. The summed E-state index contributed by atoms with van der Waals surface area (Å²) in [5, 5.41) is 1.77. The van der Waals surface area contributed by atoms with Gasteiger partial charge in [-0.15, -0.1) is 0 Å². The molecule has 1 atom stereocenters. The molecule has 26 heavy (non-hydrogen) atoms. The van der Waals surface area contributed by atoms with Crippen molar-refractivity contribution in [3.8, 4) is 0 Å². The number of carbonyl (C=O) groups excluding carboxylic acids is 3. The molecule has 0 spiro atoms. The zero-order valence-electron chi connectivity index (χ0n) is 14.1. The fourth-order valence-corrected chi connectivity index (χ4v) is 2.87. The van der Waals surface area contributed by atoms with Crippen LogP contribution in [0.2, 0.25) is 0 Å². The predicted octanol–water partition coefficient (Wildman–Crippen LogP) is 1.01. The molecule has 1 aliphatic heterocycles. The fraction of sp³-hybridized carbons (Fsp3) is 0.211. The monoisotopic (exact) mass is 357 g/mol. The molecule has 2 aromatic carbocycles. The van der Waals surface area contributed by atoms with Crippen LogP contribution in [0.15, 0.2) is 48.5 Å².